The van der Waals surface area contributed by atoms with Crippen LogP contribution in [-0.4, -0.2) is 38.5 Å². The van der Waals surface area contributed by atoms with Gasteiger partial charge in [0.15, 0.2) is 5.84 Å². The van der Waals surface area contributed by atoms with Crippen LogP contribution in [0.2, 0.25) is 0 Å². The highest BCUT2D eigenvalue weighted by Gasteiger charge is 2.36. The first-order chi connectivity index (χ1) is 16.4. The third kappa shape index (κ3) is 3.93. The van der Waals surface area contributed by atoms with Gasteiger partial charge in [0, 0.05) is 0 Å². The van der Waals surface area contributed by atoms with Crippen molar-refractivity contribution in [3.05, 3.63) is 74.2 Å². The van der Waals surface area contributed by atoms with Gasteiger partial charge in [0.1, 0.15) is 22.3 Å². The number of furan rings is 1. The Hall–Kier alpha value is -4.03. The Kier molecular flexibility index (Phi) is 5.59. The van der Waals surface area contributed by atoms with Crippen molar-refractivity contribution in [2.45, 2.75) is 6.92 Å². The number of fused-ring (bicyclic) bond motifs is 1. The number of amidine groups is 2. The van der Waals surface area contributed by atoms with E-state index in [0.29, 0.717) is 22.6 Å². The molecule has 2 aliphatic heterocycles. The zero-order valence-corrected chi connectivity index (χ0v) is 19.2. The number of aliphatic imine (C=N–C) groups is 1. The van der Waals surface area contributed by atoms with Crippen molar-refractivity contribution in [2.24, 2.45) is 10.1 Å². The van der Waals surface area contributed by atoms with Crippen LogP contribution < -0.4 is 4.74 Å². The Labute approximate surface area is 200 Å². The average Bonchev–Trinajstić information content (AvgIpc) is 3.57. The fourth-order valence-corrected chi connectivity index (χ4v) is 5.02. The maximum absolute atomic E-state index is 12.6. The predicted octanol–water partition coefficient (Wildman–Crippen LogP) is 4.98. The molecule has 0 unspecified atom stereocenters. The lowest BCUT2D eigenvalue weighted by molar-refractivity contribution is -0.384. The topological polar surface area (TPSA) is 134 Å². The minimum absolute atomic E-state index is 0.00243. The van der Waals surface area contributed by atoms with Crippen molar-refractivity contribution in [1.29, 1.82) is 5.41 Å². The van der Waals surface area contributed by atoms with Gasteiger partial charge in [-0.25, -0.2) is 0 Å². The van der Waals surface area contributed by atoms with E-state index < -0.39 is 10.8 Å². The van der Waals surface area contributed by atoms with E-state index in [-0.39, 0.29) is 34.2 Å². The van der Waals surface area contributed by atoms with E-state index in [9.17, 15) is 14.9 Å². The Bertz CT molecular complexity index is 1420. The lowest BCUT2D eigenvalue weighted by Gasteiger charge is -2.19. The number of amides is 1. The molecular weight excluding hydrogens is 478 g/mol. The summed E-state index contributed by atoms with van der Waals surface area (Å²) in [4.78, 5) is 28.7. The Morgan fingerprint density at radius 2 is 2.15 bits per heavy atom. The lowest BCUT2D eigenvalue weighted by Crippen LogP contribution is -2.35. The van der Waals surface area contributed by atoms with Crippen LogP contribution in [0.4, 0.5) is 5.69 Å². The molecule has 1 amide bonds. The number of ether oxygens (including phenoxy) is 1. The lowest BCUT2D eigenvalue weighted by atomic mass is 10.1. The van der Waals surface area contributed by atoms with E-state index in [1.165, 1.54) is 40.2 Å². The summed E-state index contributed by atoms with van der Waals surface area (Å²) >= 11 is 2.73. The van der Waals surface area contributed by atoms with Crippen LogP contribution in [0.15, 0.2) is 67.9 Å². The second kappa shape index (κ2) is 8.72. The summed E-state index contributed by atoms with van der Waals surface area (Å²) in [6.07, 6.45) is 1.39. The number of nitro benzene ring substituents is 1. The van der Waals surface area contributed by atoms with Crippen LogP contribution in [0.5, 0.6) is 5.75 Å². The highest BCUT2D eigenvalue weighted by atomic mass is 32.2. The molecule has 10 nitrogen and oxygen atoms in total. The van der Waals surface area contributed by atoms with Gasteiger partial charge in [0.2, 0.25) is 5.17 Å². The minimum Gasteiger partial charge on any atom is -0.494 e. The van der Waals surface area contributed by atoms with Crippen molar-refractivity contribution in [3.8, 4) is 17.1 Å². The quantitative estimate of drug-likeness (QED) is 0.291. The van der Waals surface area contributed by atoms with E-state index in [1.807, 2.05) is 17.5 Å². The molecule has 0 bridgehead atoms. The van der Waals surface area contributed by atoms with Crippen molar-refractivity contribution < 1.29 is 18.9 Å². The van der Waals surface area contributed by atoms with Gasteiger partial charge in [-0.1, -0.05) is 6.07 Å². The minimum atomic E-state index is -0.587. The summed E-state index contributed by atoms with van der Waals surface area (Å²) in [5, 5.41) is 28.7. The number of nitrogens with one attached hydrogen (secondary N) is 1. The zero-order chi connectivity index (χ0) is 23.8. The molecular formula is C22H15N5O5S2. The number of nitro groups is 1. The number of rotatable bonds is 6. The Morgan fingerprint density at radius 3 is 2.88 bits per heavy atom. The number of thiophene rings is 1. The molecule has 1 N–H and O–H groups in total. The standard InChI is InChI=1S/C22H15N5O5S2/c1-2-31-12-5-7-14(16(11-12)27(29)30)17-8-6-13(32-17)10-15-19(23)26-22(24-20(15)28)34-21(25-26)18-4-3-9-33-18/h3-11,23H,2H2,1H3/b15-10+,23-19?. The van der Waals surface area contributed by atoms with E-state index >= 15 is 0 Å². The van der Waals surface area contributed by atoms with Gasteiger partial charge < -0.3 is 9.15 Å². The molecule has 0 spiro atoms. The Morgan fingerprint density at radius 1 is 1.29 bits per heavy atom. The maximum Gasteiger partial charge on any atom is 0.284 e. The number of carbonyl (C=O) groups excluding carboxylic acids is 1. The van der Waals surface area contributed by atoms with E-state index in [0.717, 1.165) is 4.88 Å². The fourth-order valence-electron chi connectivity index (χ4n) is 3.34. The average molecular weight is 494 g/mol. The van der Waals surface area contributed by atoms with Crippen LogP contribution in [0.25, 0.3) is 17.4 Å². The third-order valence-corrected chi connectivity index (χ3v) is 6.79. The normalized spacial score (nSPS) is 16.5. The van der Waals surface area contributed by atoms with E-state index in [1.54, 1.807) is 31.2 Å². The van der Waals surface area contributed by atoms with Crippen molar-refractivity contribution in [1.82, 2.24) is 5.01 Å². The zero-order valence-electron chi connectivity index (χ0n) is 17.5. The molecule has 0 saturated carbocycles. The summed E-state index contributed by atoms with van der Waals surface area (Å²) in [5.74, 6) is 0.165. The highest BCUT2D eigenvalue weighted by molar-refractivity contribution is 8.27. The number of benzene rings is 1. The number of nitrogens with zero attached hydrogens (tertiary/aromatic N) is 4. The second-order valence-corrected chi connectivity index (χ2v) is 8.88. The van der Waals surface area contributed by atoms with Gasteiger partial charge in [-0.3, -0.25) is 20.3 Å². The first-order valence-electron chi connectivity index (χ1n) is 10.00. The first-order valence-corrected chi connectivity index (χ1v) is 11.7. The molecule has 2 aromatic heterocycles. The number of hydrogen-bond acceptors (Lipinski definition) is 9. The number of hydrogen-bond donors (Lipinski definition) is 1. The molecule has 12 heteroatoms. The van der Waals surface area contributed by atoms with E-state index in [4.69, 9.17) is 14.6 Å². The molecule has 3 aromatic rings. The molecule has 170 valence electrons. The molecule has 0 fully saturated rings. The second-order valence-electron chi connectivity index (χ2n) is 6.97. The van der Waals surface area contributed by atoms with Crippen LogP contribution in [0.1, 0.15) is 17.6 Å². The van der Waals surface area contributed by atoms with Crippen molar-refractivity contribution in [2.75, 3.05) is 6.61 Å². The van der Waals surface area contributed by atoms with Gasteiger partial charge >= 0.3 is 0 Å². The fraction of sp³-hybridized carbons (Fsp3) is 0.0909. The molecule has 2 aliphatic rings. The third-order valence-electron chi connectivity index (χ3n) is 4.84. The molecule has 0 aliphatic carbocycles. The van der Waals surface area contributed by atoms with Crippen LogP contribution in [-0.2, 0) is 4.79 Å². The Balaban J connectivity index is 1.45. The van der Waals surface area contributed by atoms with Crippen LogP contribution >= 0.6 is 23.1 Å². The first kappa shape index (κ1) is 21.8. The summed E-state index contributed by atoms with van der Waals surface area (Å²) in [6.45, 7) is 2.17. The summed E-state index contributed by atoms with van der Waals surface area (Å²) in [7, 11) is 0. The number of thioether (sulfide) groups is 1. The number of carbonyl (C=O) groups is 1. The summed E-state index contributed by atoms with van der Waals surface area (Å²) < 4.78 is 11.1. The van der Waals surface area contributed by atoms with Gasteiger partial charge in [-0.2, -0.15) is 15.1 Å². The maximum atomic E-state index is 12.6. The van der Waals surface area contributed by atoms with Gasteiger partial charge in [-0.15, -0.1) is 11.3 Å². The van der Waals surface area contributed by atoms with Crippen molar-refractivity contribution >= 4 is 56.8 Å². The molecule has 34 heavy (non-hydrogen) atoms. The number of hydrazone groups is 1. The highest BCUT2D eigenvalue weighted by Crippen LogP contribution is 2.36. The predicted molar refractivity (Wildman–Crippen MR) is 130 cm³/mol. The molecule has 0 saturated heterocycles. The van der Waals surface area contributed by atoms with Gasteiger partial charge in [0.05, 0.1) is 33.6 Å². The summed E-state index contributed by atoms with van der Waals surface area (Å²) in [5.41, 5.74) is 0.104. The van der Waals surface area contributed by atoms with Gasteiger partial charge in [0.25, 0.3) is 11.6 Å². The van der Waals surface area contributed by atoms with Gasteiger partial charge in [-0.05, 0) is 60.5 Å². The largest absolute Gasteiger partial charge is 0.494 e. The van der Waals surface area contributed by atoms with Crippen LogP contribution in [0.3, 0.4) is 0 Å². The molecule has 0 atom stereocenters. The smallest absolute Gasteiger partial charge is 0.284 e. The molecule has 0 radical (unpaired) electrons. The molecule has 1 aromatic carbocycles. The summed E-state index contributed by atoms with van der Waals surface area (Å²) in [6, 6.07) is 11.4. The van der Waals surface area contributed by atoms with E-state index in [2.05, 4.69) is 10.1 Å². The van der Waals surface area contributed by atoms with Crippen molar-refractivity contribution in [3.63, 3.8) is 0 Å². The molecule has 4 heterocycles. The monoisotopic (exact) mass is 493 g/mol. The van der Waals surface area contributed by atoms with Crippen LogP contribution in [0, 0.1) is 15.5 Å². The SMILES string of the molecule is CCOc1ccc(-c2ccc(/C=C3\C(=N)N4N=C(c5cccs5)SC4=NC3=O)o2)c([N+](=O)[O-])c1. The molecule has 5 rings (SSSR count).